The number of halogens is 4. The standard InChI is InChI=1S/C10H6F4O2/c1-5(16)7-3-8(10(12,13)14)6(4-15)2-9(7)11/h2-4H,1H3. The first-order valence-corrected chi connectivity index (χ1v) is 4.14. The van der Waals surface area contributed by atoms with E-state index in [1.54, 1.807) is 0 Å². The van der Waals surface area contributed by atoms with E-state index in [9.17, 15) is 27.2 Å². The van der Waals surface area contributed by atoms with Crippen LogP contribution < -0.4 is 0 Å². The third-order valence-corrected chi connectivity index (χ3v) is 1.95. The highest BCUT2D eigenvalue weighted by molar-refractivity contribution is 5.95. The Morgan fingerprint density at radius 3 is 2.25 bits per heavy atom. The van der Waals surface area contributed by atoms with Gasteiger partial charge in [0.1, 0.15) is 5.82 Å². The van der Waals surface area contributed by atoms with Crippen molar-refractivity contribution in [2.24, 2.45) is 0 Å². The summed E-state index contributed by atoms with van der Waals surface area (Å²) < 4.78 is 50.4. The molecule has 0 bridgehead atoms. The van der Waals surface area contributed by atoms with Crippen molar-refractivity contribution in [1.29, 1.82) is 0 Å². The molecule has 0 aliphatic carbocycles. The highest BCUT2D eigenvalue weighted by atomic mass is 19.4. The molecular formula is C10H6F4O2. The SMILES string of the molecule is CC(=O)c1cc(C(F)(F)F)c(C=O)cc1F. The fourth-order valence-corrected chi connectivity index (χ4v) is 1.20. The summed E-state index contributed by atoms with van der Waals surface area (Å²) in [6.45, 7) is 0.944. The van der Waals surface area contributed by atoms with Gasteiger partial charge in [-0.25, -0.2) is 4.39 Å². The Bertz CT molecular complexity index is 449. The Hall–Kier alpha value is -1.72. The zero-order chi connectivity index (χ0) is 12.5. The minimum atomic E-state index is -4.80. The molecule has 0 aliphatic heterocycles. The number of alkyl halides is 3. The van der Waals surface area contributed by atoms with E-state index < -0.39 is 34.5 Å². The molecule has 1 rings (SSSR count). The van der Waals surface area contributed by atoms with Gasteiger partial charge in [-0.05, 0) is 19.1 Å². The van der Waals surface area contributed by atoms with Crippen molar-refractivity contribution >= 4 is 12.1 Å². The molecule has 0 aromatic heterocycles. The second-order valence-electron chi connectivity index (χ2n) is 3.09. The van der Waals surface area contributed by atoms with E-state index in [0.29, 0.717) is 12.1 Å². The Labute approximate surface area is 87.9 Å². The van der Waals surface area contributed by atoms with Crippen LogP contribution in [0.1, 0.15) is 33.2 Å². The summed E-state index contributed by atoms with van der Waals surface area (Å²) in [4.78, 5) is 21.2. The van der Waals surface area contributed by atoms with E-state index in [1.807, 2.05) is 0 Å². The van der Waals surface area contributed by atoms with Crippen LogP contribution in [0, 0.1) is 5.82 Å². The molecule has 86 valence electrons. The predicted octanol–water partition coefficient (Wildman–Crippen LogP) is 2.86. The maximum atomic E-state index is 13.1. The van der Waals surface area contributed by atoms with E-state index in [-0.39, 0.29) is 6.29 Å². The van der Waals surface area contributed by atoms with Crippen molar-refractivity contribution in [3.05, 3.63) is 34.6 Å². The highest BCUT2D eigenvalue weighted by Crippen LogP contribution is 2.33. The molecular weight excluding hydrogens is 228 g/mol. The molecule has 6 heteroatoms. The van der Waals surface area contributed by atoms with Crippen molar-refractivity contribution in [3.63, 3.8) is 0 Å². The number of carbonyl (C=O) groups excluding carboxylic acids is 2. The van der Waals surface area contributed by atoms with Gasteiger partial charge < -0.3 is 0 Å². The van der Waals surface area contributed by atoms with Crippen LogP contribution >= 0.6 is 0 Å². The molecule has 0 spiro atoms. The first-order valence-electron chi connectivity index (χ1n) is 4.14. The molecule has 0 fully saturated rings. The number of benzene rings is 1. The first-order chi connectivity index (χ1) is 7.27. The minimum Gasteiger partial charge on any atom is -0.298 e. The Kier molecular flexibility index (Phi) is 3.11. The normalized spacial score (nSPS) is 11.3. The molecule has 0 radical (unpaired) electrons. The van der Waals surface area contributed by atoms with Crippen molar-refractivity contribution in [1.82, 2.24) is 0 Å². The first kappa shape index (κ1) is 12.4. The molecule has 16 heavy (non-hydrogen) atoms. The lowest BCUT2D eigenvalue weighted by atomic mass is 10.0. The van der Waals surface area contributed by atoms with Crippen LogP contribution in [0.3, 0.4) is 0 Å². The lowest BCUT2D eigenvalue weighted by Crippen LogP contribution is -2.12. The Morgan fingerprint density at radius 2 is 1.88 bits per heavy atom. The summed E-state index contributed by atoms with van der Waals surface area (Å²) in [5.41, 5.74) is -2.82. The fraction of sp³-hybridized carbons (Fsp3) is 0.200. The molecule has 0 amide bonds. The van der Waals surface area contributed by atoms with Crippen molar-refractivity contribution < 1.29 is 27.2 Å². The van der Waals surface area contributed by atoms with E-state index in [2.05, 4.69) is 0 Å². The van der Waals surface area contributed by atoms with Crippen molar-refractivity contribution in [3.8, 4) is 0 Å². The van der Waals surface area contributed by atoms with Gasteiger partial charge in [-0.1, -0.05) is 0 Å². The van der Waals surface area contributed by atoms with E-state index in [4.69, 9.17) is 0 Å². The average Bonchev–Trinajstić information content (AvgIpc) is 2.14. The number of Topliss-reactive ketones (excluding diaryl/α,β-unsaturated/α-hetero) is 1. The van der Waals surface area contributed by atoms with Crippen LogP contribution in [0.2, 0.25) is 0 Å². The monoisotopic (exact) mass is 234 g/mol. The number of hydrogen-bond donors (Lipinski definition) is 0. The minimum absolute atomic E-state index is 0.101. The van der Waals surface area contributed by atoms with Crippen LogP contribution in [0.15, 0.2) is 12.1 Å². The van der Waals surface area contributed by atoms with Gasteiger partial charge in [-0.2, -0.15) is 13.2 Å². The van der Waals surface area contributed by atoms with Gasteiger partial charge in [0.25, 0.3) is 0 Å². The molecule has 0 saturated heterocycles. The zero-order valence-corrected chi connectivity index (χ0v) is 8.06. The lowest BCUT2D eigenvalue weighted by molar-refractivity contribution is -0.137. The van der Waals surface area contributed by atoms with Gasteiger partial charge in [-0.3, -0.25) is 9.59 Å². The zero-order valence-electron chi connectivity index (χ0n) is 8.06. The molecule has 0 atom stereocenters. The van der Waals surface area contributed by atoms with Gasteiger partial charge in [0.2, 0.25) is 0 Å². The summed E-state index contributed by atoms with van der Waals surface area (Å²) in [5, 5.41) is 0. The van der Waals surface area contributed by atoms with E-state index >= 15 is 0 Å². The third kappa shape index (κ3) is 2.26. The van der Waals surface area contributed by atoms with Crippen molar-refractivity contribution in [2.45, 2.75) is 13.1 Å². The summed E-state index contributed by atoms with van der Waals surface area (Å²) in [7, 11) is 0. The van der Waals surface area contributed by atoms with Gasteiger partial charge in [0.15, 0.2) is 12.1 Å². The summed E-state index contributed by atoms with van der Waals surface area (Å²) in [6, 6.07) is 0.758. The number of ketones is 1. The van der Waals surface area contributed by atoms with Gasteiger partial charge in [-0.15, -0.1) is 0 Å². The average molecular weight is 234 g/mol. The van der Waals surface area contributed by atoms with E-state index in [0.717, 1.165) is 6.92 Å². The maximum Gasteiger partial charge on any atom is 0.417 e. The van der Waals surface area contributed by atoms with Gasteiger partial charge in [0.05, 0.1) is 11.1 Å². The fourth-order valence-electron chi connectivity index (χ4n) is 1.20. The molecule has 0 heterocycles. The maximum absolute atomic E-state index is 13.1. The third-order valence-electron chi connectivity index (χ3n) is 1.95. The quantitative estimate of drug-likeness (QED) is 0.448. The highest BCUT2D eigenvalue weighted by Gasteiger charge is 2.34. The van der Waals surface area contributed by atoms with Crippen LogP contribution in [0.25, 0.3) is 0 Å². The molecule has 0 unspecified atom stereocenters. The van der Waals surface area contributed by atoms with E-state index in [1.165, 1.54) is 0 Å². The van der Waals surface area contributed by atoms with Crippen LogP contribution in [-0.2, 0) is 6.18 Å². The van der Waals surface area contributed by atoms with Gasteiger partial charge >= 0.3 is 6.18 Å². The molecule has 0 saturated carbocycles. The topological polar surface area (TPSA) is 34.1 Å². The molecule has 1 aromatic rings. The predicted molar refractivity (Wildman–Crippen MR) is 46.8 cm³/mol. The molecule has 1 aromatic carbocycles. The number of carbonyl (C=O) groups is 2. The Morgan fingerprint density at radius 1 is 1.31 bits per heavy atom. The van der Waals surface area contributed by atoms with Crippen LogP contribution in [0.5, 0.6) is 0 Å². The van der Waals surface area contributed by atoms with Crippen LogP contribution in [-0.4, -0.2) is 12.1 Å². The number of aldehydes is 1. The molecule has 2 nitrogen and oxygen atoms in total. The van der Waals surface area contributed by atoms with Crippen LogP contribution in [0.4, 0.5) is 17.6 Å². The second-order valence-corrected chi connectivity index (χ2v) is 3.09. The molecule has 0 N–H and O–H groups in total. The summed E-state index contributed by atoms with van der Waals surface area (Å²) in [5.74, 6) is -1.97. The van der Waals surface area contributed by atoms with Crippen molar-refractivity contribution in [2.75, 3.05) is 0 Å². The number of hydrogen-bond acceptors (Lipinski definition) is 2. The largest absolute Gasteiger partial charge is 0.417 e. The second kappa shape index (κ2) is 4.03. The number of rotatable bonds is 2. The Balaban J connectivity index is 3.53. The van der Waals surface area contributed by atoms with Gasteiger partial charge in [0, 0.05) is 5.56 Å². The smallest absolute Gasteiger partial charge is 0.298 e. The molecule has 0 aliphatic rings. The summed E-state index contributed by atoms with van der Waals surface area (Å²) >= 11 is 0. The lowest BCUT2D eigenvalue weighted by Gasteiger charge is -2.11. The summed E-state index contributed by atoms with van der Waals surface area (Å²) in [6.07, 6.45) is -4.90.